The largest absolute Gasteiger partial charge is 0.330 e. The van der Waals surface area contributed by atoms with Crippen molar-refractivity contribution in [1.82, 2.24) is 0 Å². The highest BCUT2D eigenvalue weighted by molar-refractivity contribution is 5.01. The van der Waals surface area contributed by atoms with E-state index in [1.165, 1.54) is 116 Å². The maximum atomic E-state index is 5.51. The van der Waals surface area contributed by atoms with Crippen molar-refractivity contribution in [2.75, 3.05) is 6.54 Å². The van der Waals surface area contributed by atoms with E-state index in [1.807, 2.05) is 0 Å². The molecule has 0 saturated carbocycles. The van der Waals surface area contributed by atoms with Gasteiger partial charge in [-0.2, -0.15) is 0 Å². The van der Waals surface area contributed by atoms with Crippen LogP contribution in [0.2, 0.25) is 0 Å². The van der Waals surface area contributed by atoms with Crippen molar-refractivity contribution in [3.05, 3.63) is 11.6 Å². The van der Waals surface area contributed by atoms with Crippen LogP contribution in [0, 0.1) is 0 Å². The number of unbranched alkanes of at least 4 members (excludes halogenated alkanes) is 13. The van der Waals surface area contributed by atoms with Gasteiger partial charge in [0, 0.05) is 0 Å². The van der Waals surface area contributed by atoms with Crippen LogP contribution in [0.1, 0.15) is 129 Å². The summed E-state index contributed by atoms with van der Waals surface area (Å²) in [4.78, 5) is 0. The van der Waals surface area contributed by atoms with Gasteiger partial charge in [0.1, 0.15) is 0 Å². The summed E-state index contributed by atoms with van der Waals surface area (Å²) in [5, 5.41) is 0. The molecule has 1 heteroatoms. The third-order valence-electron chi connectivity index (χ3n) is 5.04. The Morgan fingerprint density at radius 2 is 1.00 bits per heavy atom. The first-order valence-electron chi connectivity index (χ1n) is 11.2. The van der Waals surface area contributed by atoms with Crippen molar-refractivity contribution in [3.8, 4) is 0 Å². The molecule has 0 radical (unpaired) electrons. The molecule has 0 saturated heterocycles. The Morgan fingerprint density at radius 3 is 1.42 bits per heavy atom. The fourth-order valence-corrected chi connectivity index (χ4v) is 3.32. The van der Waals surface area contributed by atoms with Gasteiger partial charge in [0.15, 0.2) is 0 Å². The van der Waals surface area contributed by atoms with E-state index in [4.69, 9.17) is 5.73 Å². The van der Waals surface area contributed by atoms with Crippen LogP contribution in [0.25, 0.3) is 0 Å². The standard InChI is InChI=1S/C23H47N/c1-3-5-19-23(20-6-4-2)21-17-15-13-11-9-7-8-10-12-14-16-18-22-24/h21H,3-20,22,24H2,1-2H3. The van der Waals surface area contributed by atoms with E-state index in [9.17, 15) is 0 Å². The molecule has 0 rings (SSSR count). The molecule has 0 aliphatic heterocycles. The summed E-state index contributed by atoms with van der Waals surface area (Å²) in [6.45, 7) is 5.48. The summed E-state index contributed by atoms with van der Waals surface area (Å²) in [6.07, 6.45) is 27.4. The van der Waals surface area contributed by atoms with E-state index >= 15 is 0 Å². The SMILES string of the molecule is CCCCC(=CCCCCCCCCCCCCCN)CCCC. The van der Waals surface area contributed by atoms with Crippen LogP contribution in [0.5, 0.6) is 0 Å². The molecular formula is C23H47N. The van der Waals surface area contributed by atoms with Crippen molar-refractivity contribution in [1.29, 1.82) is 0 Å². The van der Waals surface area contributed by atoms with Gasteiger partial charge in [-0.1, -0.05) is 96.1 Å². The van der Waals surface area contributed by atoms with Gasteiger partial charge in [0.2, 0.25) is 0 Å². The lowest BCUT2D eigenvalue weighted by Gasteiger charge is -2.07. The smallest absolute Gasteiger partial charge is 0.00773 e. The molecule has 0 heterocycles. The number of hydrogen-bond acceptors (Lipinski definition) is 1. The molecule has 0 aromatic carbocycles. The minimum Gasteiger partial charge on any atom is -0.330 e. The second-order valence-corrected chi connectivity index (χ2v) is 7.54. The predicted molar refractivity (Wildman–Crippen MR) is 112 cm³/mol. The third-order valence-corrected chi connectivity index (χ3v) is 5.04. The fraction of sp³-hybridized carbons (Fsp3) is 0.913. The first-order valence-corrected chi connectivity index (χ1v) is 11.2. The molecular weight excluding hydrogens is 290 g/mol. The summed E-state index contributed by atoms with van der Waals surface area (Å²) in [7, 11) is 0. The molecule has 144 valence electrons. The van der Waals surface area contributed by atoms with E-state index in [-0.39, 0.29) is 0 Å². The lowest BCUT2D eigenvalue weighted by Crippen LogP contribution is -1.97. The van der Waals surface area contributed by atoms with Crippen LogP contribution in [0.15, 0.2) is 11.6 Å². The molecule has 0 fully saturated rings. The molecule has 0 aromatic rings. The Hall–Kier alpha value is -0.300. The van der Waals surface area contributed by atoms with Crippen molar-refractivity contribution >= 4 is 0 Å². The van der Waals surface area contributed by atoms with Crippen molar-refractivity contribution < 1.29 is 0 Å². The molecule has 2 N–H and O–H groups in total. The molecule has 0 amide bonds. The highest BCUT2D eigenvalue weighted by atomic mass is 14.5. The average molecular weight is 338 g/mol. The summed E-state index contributed by atoms with van der Waals surface area (Å²) in [5.41, 5.74) is 7.26. The molecule has 1 nitrogen and oxygen atoms in total. The predicted octanol–water partition coefficient (Wildman–Crippen LogP) is 7.93. The normalized spacial score (nSPS) is 11.0. The molecule has 0 spiro atoms. The monoisotopic (exact) mass is 337 g/mol. The highest BCUT2D eigenvalue weighted by Gasteiger charge is 1.97. The van der Waals surface area contributed by atoms with Gasteiger partial charge in [0.25, 0.3) is 0 Å². The minimum absolute atomic E-state index is 0.869. The van der Waals surface area contributed by atoms with Gasteiger partial charge in [0.05, 0.1) is 0 Å². The summed E-state index contributed by atoms with van der Waals surface area (Å²) < 4.78 is 0. The average Bonchev–Trinajstić information content (AvgIpc) is 2.60. The molecule has 0 aliphatic rings. The topological polar surface area (TPSA) is 26.0 Å². The van der Waals surface area contributed by atoms with Gasteiger partial charge in [-0.25, -0.2) is 0 Å². The number of hydrogen-bond donors (Lipinski definition) is 1. The number of rotatable bonds is 19. The summed E-state index contributed by atoms with van der Waals surface area (Å²) in [5.74, 6) is 0. The Morgan fingerprint density at radius 1 is 0.583 bits per heavy atom. The maximum absolute atomic E-state index is 5.51. The van der Waals surface area contributed by atoms with E-state index in [2.05, 4.69) is 19.9 Å². The molecule has 24 heavy (non-hydrogen) atoms. The second-order valence-electron chi connectivity index (χ2n) is 7.54. The van der Waals surface area contributed by atoms with Crippen molar-refractivity contribution in [2.24, 2.45) is 5.73 Å². The molecule has 0 aliphatic carbocycles. The Bertz CT molecular complexity index is 247. The van der Waals surface area contributed by atoms with Crippen LogP contribution in [-0.2, 0) is 0 Å². The van der Waals surface area contributed by atoms with E-state index in [1.54, 1.807) is 5.57 Å². The van der Waals surface area contributed by atoms with Gasteiger partial charge in [-0.05, 0) is 51.5 Å². The van der Waals surface area contributed by atoms with E-state index in [0.717, 1.165) is 6.54 Å². The Kier molecular flexibility index (Phi) is 20.5. The van der Waals surface area contributed by atoms with Gasteiger partial charge >= 0.3 is 0 Å². The molecule has 0 bridgehead atoms. The van der Waals surface area contributed by atoms with E-state index < -0.39 is 0 Å². The zero-order valence-electron chi connectivity index (χ0n) is 17.1. The first kappa shape index (κ1) is 23.7. The lowest BCUT2D eigenvalue weighted by atomic mass is 10.00. The Labute approximate surface area is 153 Å². The van der Waals surface area contributed by atoms with Crippen molar-refractivity contribution in [3.63, 3.8) is 0 Å². The second kappa shape index (κ2) is 20.7. The molecule has 0 unspecified atom stereocenters. The molecule has 0 atom stereocenters. The first-order chi connectivity index (χ1) is 11.8. The third kappa shape index (κ3) is 18.0. The fourth-order valence-electron chi connectivity index (χ4n) is 3.32. The van der Waals surface area contributed by atoms with Gasteiger partial charge in [-0.15, -0.1) is 0 Å². The zero-order chi connectivity index (χ0) is 17.7. The zero-order valence-corrected chi connectivity index (χ0v) is 17.1. The van der Waals surface area contributed by atoms with Gasteiger partial charge < -0.3 is 5.73 Å². The van der Waals surface area contributed by atoms with E-state index in [0.29, 0.717) is 0 Å². The van der Waals surface area contributed by atoms with Crippen LogP contribution < -0.4 is 5.73 Å². The number of nitrogens with two attached hydrogens (primary N) is 1. The summed E-state index contributed by atoms with van der Waals surface area (Å²) >= 11 is 0. The van der Waals surface area contributed by atoms with Crippen LogP contribution >= 0.6 is 0 Å². The number of allylic oxidation sites excluding steroid dienone is 2. The lowest BCUT2D eigenvalue weighted by molar-refractivity contribution is 0.547. The quantitative estimate of drug-likeness (QED) is 0.188. The van der Waals surface area contributed by atoms with Crippen LogP contribution in [0.3, 0.4) is 0 Å². The maximum Gasteiger partial charge on any atom is -0.00773 e. The van der Waals surface area contributed by atoms with Crippen molar-refractivity contribution in [2.45, 2.75) is 129 Å². The minimum atomic E-state index is 0.869. The summed E-state index contributed by atoms with van der Waals surface area (Å²) in [6, 6.07) is 0. The Balaban J connectivity index is 3.41. The molecule has 0 aromatic heterocycles. The van der Waals surface area contributed by atoms with Crippen LogP contribution in [-0.4, -0.2) is 6.54 Å². The van der Waals surface area contributed by atoms with Crippen LogP contribution in [0.4, 0.5) is 0 Å². The highest BCUT2D eigenvalue weighted by Crippen LogP contribution is 2.17. The van der Waals surface area contributed by atoms with Gasteiger partial charge in [-0.3, -0.25) is 0 Å².